The largest absolute Gasteiger partial charge is 0.481 e. The molecule has 1 atom stereocenters. The van der Waals surface area contributed by atoms with E-state index in [9.17, 15) is 9.59 Å². The Morgan fingerprint density at radius 1 is 1.40 bits per heavy atom. The maximum Gasteiger partial charge on any atom is 0.317 e. The summed E-state index contributed by atoms with van der Waals surface area (Å²) in [5.41, 5.74) is 0.987. The number of carboxylic acid groups (broad SMARTS) is 1. The van der Waals surface area contributed by atoms with Crippen LogP contribution in [-0.2, 0) is 4.79 Å². The van der Waals surface area contributed by atoms with E-state index in [1.165, 1.54) is 4.90 Å². The first-order valence-electron chi connectivity index (χ1n) is 6.55. The Morgan fingerprint density at radius 2 is 2.00 bits per heavy atom. The number of amides is 2. The molecule has 0 aliphatic carbocycles. The monoisotopic (exact) mass is 296 g/mol. The molecule has 5 nitrogen and oxygen atoms in total. The molecular formula is C14H17ClN2O3. The second kappa shape index (κ2) is 6.13. The van der Waals surface area contributed by atoms with Gasteiger partial charge in [-0.1, -0.05) is 30.7 Å². The second-order valence-electron chi connectivity index (χ2n) is 4.90. The van der Waals surface area contributed by atoms with Gasteiger partial charge in [0.15, 0.2) is 0 Å². The van der Waals surface area contributed by atoms with E-state index < -0.39 is 11.9 Å². The van der Waals surface area contributed by atoms with Crippen molar-refractivity contribution in [3.05, 3.63) is 34.9 Å². The molecule has 1 aliphatic heterocycles. The van der Waals surface area contributed by atoms with Gasteiger partial charge in [-0.15, -0.1) is 0 Å². The Labute approximate surface area is 122 Å². The second-order valence-corrected chi connectivity index (χ2v) is 5.34. The Bertz CT molecular complexity index is 498. The third kappa shape index (κ3) is 3.22. The average molecular weight is 297 g/mol. The van der Waals surface area contributed by atoms with Gasteiger partial charge < -0.3 is 15.3 Å². The molecule has 0 bridgehead atoms. The molecule has 1 heterocycles. The third-order valence-electron chi connectivity index (χ3n) is 3.50. The quantitative estimate of drug-likeness (QED) is 0.897. The average Bonchev–Trinajstić information content (AvgIpc) is 2.35. The number of carbonyl (C=O) groups excluding carboxylic acids is 1. The smallest absolute Gasteiger partial charge is 0.317 e. The molecule has 108 valence electrons. The van der Waals surface area contributed by atoms with Crippen molar-refractivity contribution in [1.29, 1.82) is 0 Å². The van der Waals surface area contributed by atoms with Crippen LogP contribution in [0.25, 0.3) is 0 Å². The van der Waals surface area contributed by atoms with E-state index in [-0.39, 0.29) is 25.2 Å². The van der Waals surface area contributed by atoms with Crippen LogP contribution >= 0.6 is 11.6 Å². The van der Waals surface area contributed by atoms with Crippen molar-refractivity contribution < 1.29 is 14.7 Å². The molecule has 1 aromatic carbocycles. The van der Waals surface area contributed by atoms with E-state index in [1.807, 2.05) is 19.1 Å². The highest BCUT2D eigenvalue weighted by Gasteiger charge is 2.36. The molecule has 1 aliphatic rings. The molecule has 1 saturated heterocycles. The summed E-state index contributed by atoms with van der Waals surface area (Å²) in [6, 6.07) is 7.03. The molecule has 6 heteroatoms. The van der Waals surface area contributed by atoms with E-state index >= 15 is 0 Å². The molecule has 2 rings (SSSR count). The summed E-state index contributed by atoms with van der Waals surface area (Å²) in [5, 5.41) is 12.4. The maximum atomic E-state index is 12.0. The third-order valence-corrected chi connectivity index (χ3v) is 3.75. The van der Waals surface area contributed by atoms with Gasteiger partial charge in [-0.05, 0) is 24.1 Å². The van der Waals surface area contributed by atoms with Crippen LogP contribution < -0.4 is 5.32 Å². The van der Waals surface area contributed by atoms with Gasteiger partial charge in [0.1, 0.15) is 0 Å². The van der Waals surface area contributed by atoms with Gasteiger partial charge in [-0.25, -0.2) is 4.79 Å². The lowest BCUT2D eigenvalue weighted by atomic mass is 10.0. The minimum Gasteiger partial charge on any atom is -0.481 e. The summed E-state index contributed by atoms with van der Waals surface area (Å²) in [4.78, 5) is 24.2. The number of nitrogens with zero attached hydrogens (tertiary/aromatic N) is 1. The van der Waals surface area contributed by atoms with Gasteiger partial charge in [-0.2, -0.15) is 0 Å². The van der Waals surface area contributed by atoms with Crippen LogP contribution in [0.2, 0.25) is 5.02 Å². The number of likely N-dealkylation sites (tertiary alicyclic amines) is 1. The number of hydrogen-bond donors (Lipinski definition) is 2. The standard InChI is InChI=1S/C14H17ClN2O3/c1-2-12(9-3-5-11(15)6-4-9)16-14(20)17-7-10(8-17)13(18)19/h3-6,10,12H,2,7-8H2,1H3,(H,16,20)(H,18,19). The number of urea groups is 1. The zero-order valence-electron chi connectivity index (χ0n) is 11.2. The molecule has 20 heavy (non-hydrogen) atoms. The minimum absolute atomic E-state index is 0.0938. The van der Waals surface area contributed by atoms with Crippen molar-refractivity contribution in [2.45, 2.75) is 19.4 Å². The number of aliphatic carboxylic acids is 1. The maximum absolute atomic E-state index is 12.0. The molecule has 0 saturated carbocycles. The number of carboxylic acids is 1. The van der Waals surface area contributed by atoms with Crippen LogP contribution in [0.3, 0.4) is 0 Å². The predicted molar refractivity (Wildman–Crippen MR) is 75.7 cm³/mol. The Hall–Kier alpha value is -1.75. The topological polar surface area (TPSA) is 69.6 Å². The summed E-state index contributed by atoms with van der Waals surface area (Å²) in [6.45, 7) is 2.53. The van der Waals surface area contributed by atoms with E-state index in [2.05, 4.69) is 5.32 Å². The molecule has 1 fully saturated rings. The summed E-state index contributed by atoms with van der Waals surface area (Å²) in [7, 11) is 0. The van der Waals surface area contributed by atoms with Crippen LogP contribution in [0.5, 0.6) is 0 Å². The van der Waals surface area contributed by atoms with E-state index in [0.717, 1.165) is 12.0 Å². The number of halogens is 1. The fourth-order valence-corrected chi connectivity index (χ4v) is 2.28. The molecule has 0 radical (unpaired) electrons. The van der Waals surface area contributed by atoms with E-state index in [4.69, 9.17) is 16.7 Å². The number of hydrogen-bond acceptors (Lipinski definition) is 2. The first kappa shape index (κ1) is 14.7. The van der Waals surface area contributed by atoms with Gasteiger partial charge in [0, 0.05) is 18.1 Å². The number of rotatable bonds is 4. The minimum atomic E-state index is -0.848. The zero-order chi connectivity index (χ0) is 14.7. The highest BCUT2D eigenvalue weighted by atomic mass is 35.5. The van der Waals surface area contributed by atoms with Crippen molar-refractivity contribution in [2.24, 2.45) is 5.92 Å². The summed E-state index contributed by atoms with van der Waals surface area (Å²) < 4.78 is 0. The molecular weight excluding hydrogens is 280 g/mol. The molecule has 1 unspecified atom stereocenters. The van der Waals surface area contributed by atoms with Crippen LogP contribution in [0, 0.1) is 5.92 Å². The van der Waals surface area contributed by atoms with Crippen LogP contribution in [0.4, 0.5) is 4.79 Å². The van der Waals surface area contributed by atoms with Crippen molar-refractivity contribution in [1.82, 2.24) is 10.2 Å². The number of benzene rings is 1. The fourth-order valence-electron chi connectivity index (χ4n) is 2.16. The van der Waals surface area contributed by atoms with Gasteiger partial charge in [0.2, 0.25) is 0 Å². The van der Waals surface area contributed by atoms with Crippen molar-refractivity contribution in [3.63, 3.8) is 0 Å². The fraction of sp³-hybridized carbons (Fsp3) is 0.429. The Balaban J connectivity index is 1.92. The van der Waals surface area contributed by atoms with Crippen molar-refractivity contribution in [2.75, 3.05) is 13.1 Å². The normalized spacial score (nSPS) is 16.4. The van der Waals surface area contributed by atoms with Gasteiger partial charge in [-0.3, -0.25) is 4.79 Å². The summed E-state index contributed by atoms with van der Waals surface area (Å²) >= 11 is 5.84. The van der Waals surface area contributed by atoms with Crippen molar-refractivity contribution >= 4 is 23.6 Å². The first-order chi connectivity index (χ1) is 9.51. The molecule has 0 spiro atoms. The van der Waals surface area contributed by atoms with Crippen LogP contribution in [0.15, 0.2) is 24.3 Å². The Kier molecular flexibility index (Phi) is 4.49. The van der Waals surface area contributed by atoms with E-state index in [1.54, 1.807) is 12.1 Å². The van der Waals surface area contributed by atoms with Crippen LogP contribution in [-0.4, -0.2) is 35.1 Å². The first-order valence-corrected chi connectivity index (χ1v) is 6.92. The van der Waals surface area contributed by atoms with E-state index in [0.29, 0.717) is 5.02 Å². The molecule has 0 aromatic heterocycles. The SMILES string of the molecule is CCC(NC(=O)N1CC(C(=O)O)C1)c1ccc(Cl)cc1. The molecule has 2 amide bonds. The zero-order valence-corrected chi connectivity index (χ0v) is 11.9. The van der Waals surface area contributed by atoms with Crippen molar-refractivity contribution in [3.8, 4) is 0 Å². The summed E-state index contributed by atoms with van der Waals surface area (Å²) in [6.07, 6.45) is 0.754. The van der Waals surface area contributed by atoms with Gasteiger partial charge >= 0.3 is 12.0 Å². The highest BCUT2D eigenvalue weighted by Crippen LogP contribution is 2.21. The lowest BCUT2D eigenvalue weighted by Gasteiger charge is -2.37. The molecule has 1 aromatic rings. The summed E-state index contributed by atoms with van der Waals surface area (Å²) in [5.74, 6) is -1.28. The predicted octanol–water partition coefficient (Wildman–Crippen LogP) is 2.52. The van der Waals surface area contributed by atoms with Crippen LogP contribution in [0.1, 0.15) is 24.9 Å². The lowest BCUT2D eigenvalue weighted by Crippen LogP contribution is -2.56. The number of nitrogens with one attached hydrogen (secondary N) is 1. The van der Waals surface area contributed by atoms with Gasteiger partial charge in [0.05, 0.1) is 12.0 Å². The highest BCUT2D eigenvalue weighted by molar-refractivity contribution is 6.30. The Morgan fingerprint density at radius 3 is 2.50 bits per heavy atom. The van der Waals surface area contributed by atoms with Gasteiger partial charge in [0.25, 0.3) is 0 Å². The molecule has 2 N–H and O–H groups in total. The number of carbonyl (C=O) groups is 2. The lowest BCUT2D eigenvalue weighted by molar-refractivity contribution is -0.146.